The maximum absolute atomic E-state index is 6.95. The van der Waals surface area contributed by atoms with Gasteiger partial charge in [0.15, 0.2) is 0 Å². The molecule has 0 saturated heterocycles. The van der Waals surface area contributed by atoms with Crippen molar-refractivity contribution in [3.05, 3.63) is 60.8 Å². The quantitative estimate of drug-likeness (QED) is 0.152. The summed E-state index contributed by atoms with van der Waals surface area (Å²) in [5.74, 6) is 0. The van der Waals surface area contributed by atoms with Gasteiger partial charge in [0.05, 0.1) is 14.7 Å². The van der Waals surface area contributed by atoms with Crippen LogP contribution in [0.1, 0.15) is 6.92 Å². The zero-order valence-corrected chi connectivity index (χ0v) is 32.7. The van der Waals surface area contributed by atoms with Crippen LogP contribution in [-0.2, 0) is 21.8 Å². The van der Waals surface area contributed by atoms with Gasteiger partial charge in [-0.15, -0.1) is 6.58 Å². The van der Waals surface area contributed by atoms with Crippen LogP contribution >= 0.6 is 0 Å². The summed E-state index contributed by atoms with van der Waals surface area (Å²) in [5, 5.41) is 5.28. The molecule has 0 aliphatic carbocycles. The van der Waals surface area contributed by atoms with Crippen molar-refractivity contribution in [3.8, 4) is 0 Å². The van der Waals surface area contributed by atoms with Gasteiger partial charge < -0.3 is 12.3 Å². The minimum Gasteiger partial charge on any atom is -0.433 e. The van der Waals surface area contributed by atoms with E-state index in [4.69, 9.17) is 21.8 Å². The number of rotatable bonds is 14. The van der Waals surface area contributed by atoms with Crippen LogP contribution < -0.4 is 20.7 Å². The van der Waals surface area contributed by atoms with Crippen molar-refractivity contribution in [1.29, 1.82) is 0 Å². The van der Waals surface area contributed by atoms with E-state index in [0.29, 0.717) is 6.61 Å². The van der Waals surface area contributed by atoms with Gasteiger partial charge in [-0.3, -0.25) is 0 Å². The Labute approximate surface area is 244 Å². The lowest BCUT2D eigenvalue weighted by Crippen LogP contribution is -2.60. The van der Waals surface area contributed by atoms with E-state index in [9.17, 15) is 0 Å². The van der Waals surface area contributed by atoms with Gasteiger partial charge in [0, 0.05) is 0 Å². The van der Waals surface area contributed by atoms with Gasteiger partial charge in [0.2, 0.25) is 25.0 Å². The van der Waals surface area contributed by atoms with Crippen molar-refractivity contribution < 1.29 is 21.8 Å². The van der Waals surface area contributed by atoms with Gasteiger partial charge in [0.25, 0.3) is 0 Å². The molecule has 0 aliphatic rings. The van der Waals surface area contributed by atoms with Gasteiger partial charge in [-0.05, 0) is 87.1 Å². The van der Waals surface area contributed by atoms with Gasteiger partial charge in [-0.1, -0.05) is 73.4 Å². The van der Waals surface area contributed by atoms with E-state index >= 15 is 0 Å². The van der Waals surface area contributed by atoms with E-state index in [1.54, 1.807) is 5.70 Å². The fraction of sp³-hybridized carbons (Fsp3) is 0.500. The van der Waals surface area contributed by atoms with Crippen LogP contribution in [0.3, 0.4) is 0 Å². The second-order valence-corrected chi connectivity index (χ2v) is 37.1. The summed E-state index contributed by atoms with van der Waals surface area (Å²) in [7, 11) is -13.0. The monoisotopic (exact) mass is 636 g/mol. The highest BCUT2D eigenvalue weighted by molar-refractivity contribution is 6.96. The van der Waals surface area contributed by atoms with Crippen LogP contribution in [0.4, 0.5) is 0 Å². The zero-order valence-electron chi connectivity index (χ0n) is 26.7. The summed E-state index contributed by atoms with van der Waals surface area (Å²) in [4.78, 5) is 5.24. The van der Waals surface area contributed by atoms with E-state index in [1.165, 1.54) is 20.7 Å². The molecule has 2 aromatic carbocycles. The molecule has 2 aromatic rings. The Morgan fingerprint density at radius 2 is 0.897 bits per heavy atom. The van der Waals surface area contributed by atoms with Crippen LogP contribution in [0.15, 0.2) is 60.8 Å². The molecule has 5 nitrogen and oxygen atoms in total. The Morgan fingerprint density at radius 1 is 0.564 bits per heavy atom. The summed E-state index contributed by atoms with van der Waals surface area (Å²) in [6, 6.07) is 18.0. The standard InChI is InChI=1S/C28H52O5Si6/c1-15-29-30-39(14,16-2)33-37(10,11)28-23-21-27(22-24-28)36(8,9)32-38(12,13)31-35(6,7)26-19-17-25(18-20-26)34(3,4)5/h16-24H,2,15H2,1,3-14H3. The first-order valence-corrected chi connectivity index (χ1v) is 31.4. The highest BCUT2D eigenvalue weighted by atomic mass is 28.5. The van der Waals surface area contributed by atoms with Gasteiger partial charge in [-0.25, -0.2) is 9.46 Å². The highest BCUT2D eigenvalue weighted by Crippen LogP contribution is 2.22. The predicted octanol–water partition coefficient (Wildman–Crippen LogP) is 5.69. The molecule has 0 radical (unpaired) electrons. The van der Waals surface area contributed by atoms with Crippen molar-refractivity contribution in [1.82, 2.24) is 0 Å². The summed E-state index contributed by atoms with van der Waals surface area (Å²) >= 11 is 0. The third-order valence-corrected chi connectivity index (χ3v) is 27.0. The predicted molar refractivity (Wildman–Crippen MR) is 182 cm³/mol. The molecule has 1 unspecified atom stereocenters. The molecule has 0 saturated carbocycles. The van der Waals surface area contributed by atoms with Gasteiger partial charge >= 0.3 is 17.1 Å². The van der Waals surface area contributed by atoms with E-state index in [0.717, 1.165) is 0 Å². The molecule has 0 fully saturated rings. The van der Waals surface area contributed by atoms with E-state index in [1.807, 2.05) is 13.5 Å². The topological polar surface area (TPSA) is 46.2 Å². The smallest absolute Gasteiger partial charge is 0.386 e. The number of hydrogen-bond donors (Lipinski definition) is 0. The average molecular weight is 637 g/mol. The Morgan fingerprint density at radius 3 is 1.21 bits per heavy atom. The van der Waals surface area contributed by atoms with Crippen LogP contribution in [0.5, 0.6) is 0 Å². The minimum absolute atomic E-state index is 0.476. The molecular formula is C28H52O5Si6. The summed E-state index contributed by atoms with van der Waals surface area (Å²) in [5.41, 5.74) is 1.79. The Hall–Kier alpha value is -0.719. The average Bonchev–Trinajstić information content (AvgIpc) is 2.80. The Balaban J connectivity index is 2.18. The van der Waals surface area contributed by atoms with Crippen LogP contribution in [-0.4, -0.2) is 56.8 Å². The Kier molecular flexibility index (Phi) is 11.2. The van der Waals surface area contributed by atoms with Crippen molar-refractivity contribution >= 4 is 70.9 Å². The van der Waals surface area contributed by atoms with Gasteiger partial charge in [-0.2, -0.15) is 0 Å². The SMILES string of the molecule is C=C[Si](C)(OOCC)O[Si](C)(C)c1ccc([Si](C)(C)O[Si](C)(C)O[Si](C)(C)c2ccc([Si](C)(C)C)cc2)cc1. The third kappa shape index (κ3) is 9.67. The normalized spacial score (nSPS) is 15.2. The molecule has 2 rings (SSSR count). The number of hydrogen-bond acceptors (Lipinski definition) is 5. The lowest BCUT2D eigenvalue weighted by atomic mass is 10.4. The molecule has 39 heavy (non-hydrogen) atoms. The minimum atomic E-state index is -2.63. The summed E-state index contributed by atoms with van der Waals surface area (Å²) in [6.45, 7) is 33.4. The van der Waals surface area contributed by atoms with Crippen LogP contribution in [0.2, 0.25) is 78.6 Å². The number of benzene rings is 2. The fourth-order valence-corrected chi connectivity index (χ4v) is 25.7. The first-order valence-electron chi connectivity index (χ1n) is 13.9. The molecule has 0 bridgehead atoms. The van der Waals surface area contributed by atoms with Crippen molar-refractivity contribution in [2.75, 3.05) is 6.61 Å². The lowest BCUT2D eigenvalue weighted by Gasteiger charge is -2.39. The van der Waals surface area contributed by atoms with Crippen molar-refractivity contribution in [2.45, 2.75) is 85.5 Å². The third-order valence-electron chi connectivity index (χ3n) is 6.89. The molecule has 0 heterocycles. The molecular weight excluding hydrogens is 585 g/mol. The lowest BCUT2D eigenvalue weighted by molar-refractivity contribution is -0.222. The van der Waals surface area contributed by atoms with Crippen molar-refractivity contribution in [2.24, 2.45) is 0 Å². The molecule has 0 N–H and O–H groups in total. The molecule has 0 aromatic heterocycles. The first-order chi connectivity index (χ1) is 17.7. The Bertz CT molecular complexity index is 1090. The van der Waals surface area contributed by atoms with E-state index < -0.39 is 50.1 Å². The van der Waals surface area contributed by atoms with E-state index in [2.05, 4.69) is 127 Å². The second kappa shape index (κ2) is 12.7. The molecule has 11 heteroatoms. The molecule has 0 aliphatic heterocycles. The highest BCUT2D eigenvalue weighted by Gasteiger charge is 2.42. The molecule has 0 spiro atoms. The maximum Gasteiger partial charge on any atom is 0.386 e. The summed E-state index contributed by atoms with van der Waals surface area (Å²) < 4.78 is 26.1. The largest absolute Gasteiger partial charge is 0.433 e. The fourth-order valence-electron chi connectivity index (χ4n) is 4.85. The molecule has 218 valence electrons. The van der Waals surface area contributed by atoms with E-state index in [-0.39, 0.29) is 0 Å². The summed E-state index contributed by atoms with van der Waals surface area (Å²) in [6.07, 6.45) is 0. The maximum atomic E-state index is 6.95. The van der Waals surface area contributed by atoms with Crippen LogP contribution in [0, 0.1) is 0 Å². The zero-order chi connectivity index (χ0) is 29.9. The van der Waals surface area contributed by atoms with Crippen molar-refractivity contribution in [3.63, 3.8) is 0 Å². The second-order valence-electron chi connectivity index (χ2n) is 13.4. The first kappa shape index (κ1) is 34.5. The molecule has 1 atom stereocenters. The van der Waals surface area contributed by atoms with Crippen LogP contribution in [0.25, 0.3) is 0 Å². The molecule has 0 amide bonds. The van der Waals surface area contributed by atoms with Gasteiger partial charge in [0.1, 0.15) is 0 Å².